The van der Waals surface area contributed by atoms with Crippen molar-refractivity contribution in [3.05, 3.63) is 29.3 Å². The molecule has 0 unspecified atom stereocenters. The Hall–Kier alpha value is -1.13. The smallest absolute Gasteiger partial charge is 0.178 e. The van der Waals surface area contributed by atoms with E-state index in [1.807, 2.05) is 7.05 Å². The van der Waals surface area contributed by atoms with E-state index in [1.54, 1.807) is 0 Å². The highest BCUT2D eigenvalue weighted by molar-refractivity contribution is 7.80. The Balaban J connectivity index is 2.34. The highest BCUT2D eigenvalue weighted by Gasteiger charge is 2.24. The average Bonchev–Trinajstić information content (AvgIpc) is 2.24. The van der Waals surface area contributed by atoms with Gasteiger partial charge < -0.3 is 9.80 Å². The molecular formula is C13H19N3S. The van der Waals surface area contributed by atoms with E-state index in [0.29, 0.717) is 0 Å². The molecule has 0 bridgehead atoms. The van der Waals surface area contributed by atoms with Gasteiger partial charge in [-0.2, -0.15) is 0 Å². The molecule has 4 heteroatoms. The van der Waals surface area contributed by atoms with Crippen LogP contribution in [-0.2, 0) is 0 Å². The second kappa shape index (κ2) is 4.63. The Morgan fingerprint density at radius 1 is 1.12 bits per heavy atom. The van der Waals surface area contributed by atoms with Crippen LogP contribution in [0.15, 0.2) is 18.2 Å². The third-order valence-corrected chi connectivity index (χ3v) is 3.57. The Kier molecular flexibility index (Phi) is 3.35. The van der Waals surface area contributed by atoms with Gasteiger partial charge in [-0.05, 0) is 44.7 Å². The first-order chi connectivity index (χ1) is 7.99. The maximum Gasteiger partial charge on any atom is 0.178 e. The zero-order valence-corrected chi connectivity index (χ0v) is 11.7. The van der Waals surface area contributed by atoms with Crippen molar-refractivity contribution in [2.75, 3.05) is 32.3 Å². The minimum absolute atomic E-state index is 0.854. The lowest BCUT2D eigenvalue weighted by molar-refractivity contribution is 0.224. The number of hydrogen-bond donors (Lipinski definition) is 0. The van der Waals surface area contributed by atoms with Crippen LogP contribution in [0.5, 0.6) is 0 Å². The molecule has 1 saturated heterocycles. The zero-order valence-electron chi connectivity index (χ0n) is 10.9. The number of benzene rings is 1. The zero-order chi connectivity index (χ0) is 12.6. The molecule has 0 amide bonds. The first-order valence-corrected chi connectivity index (χ1v) is 6.18. The third-order valence-electron chi connectivity index (χ3n) is 3.04. The van der Waals surface area contributed by atoms with Crippen molar-refractivity contribution >= 4 is 23.0 Å². The summed E-state index contributed by atoms with van der Waals surface area (Å²) in [5.41, 5.74) is 3.77. The van der Waals surface area contributed by atoms with Gasteiger partial charge in [0, 0.05) is 12.7 Å². The molecule has 0 aromatic heterocycles. The molecule has 0 atom stereocenters. The summed E-state index contributed by atoms with van der Waals surface area (Å²) in [6, 6.07) is 6.50. The highest BCUT2D eigenvalue weighted by atomic mass is 32.1. The minimum atomic E-state index is 0.854. The van der Waals surface area contributed by atoms with E-state index in [2.05, 4.69) is 53.8 Å². The van der Waals surface area contributed by atoms with Crippen molar-refractivity contribution < 1.29 is 0 Å². The number of thiocarbonyl (C=S) groups is 1. The van der Waals surface area contributed by atoms with Gasteiger partial charge in [0.25, 0.3) is 0 Å². The molecule has 1 aromatic rings. The molecule has 92 valence electrons. The van der Waals surface area contributed by atoms with Crippen LogP contribution in [0.3, 0.4) is 0 Å². The Morgan fingerprint density at radius 3 is 2.47 bits per heavy atom. The number of nitrogens with zero attached hydrogens (tertiary/aromatic N) is 3. The first kappa shape index (κ1) is 12.3. The van der Waals surface area contributed by atoms with E-state index in [0.717, 1.165) is 18.4 Å². The van der Waals surface area contributed by atoms with Crippen LogP contribution < -0.4 is 4.90 Å². The molecule has 0 radical (unpaired) electrons. The topological polar surface area (TPSA) is 9.72 Å². The van der Waals surface area contributed by atoms with Gasteiger partial charge in [0.15, 0.2) is 5.11 Å². The molecular weight excluding hydrogens is 230 g/mol. The fourth-order valence-corrected chi connectivity index (χ4v) is 2.48. The van der Waals surface area contributed by atoms with Crippen molar-refractivity contribution in [1.29, 1.82) is 0 Å². The molecule has 0 spiro atoms. The average molecular weight is 249 g/mol. The quantitative estimate of drug-likeness (QED) is 0.705. The normalized spacial score (nSPS) is 17.8. The van der Waals surface area contributed by atoms with Crippen molar-refractivity contribution in [3.63, 3.8) is 0 Å². The molecule has 0 aliphatic carbocycles. The van der Waals surface area contributed by atoms with E-state index >= 15 is 0 Å². The molecule has 0 N–H and O–H groups in total. The summed E-state index contributed by atoms with van der Waals surface area (Å²) in [4.78, 5) is 6.53. The van der Waals surface area contributed by atoms with Crippen molar-refractivity contribution in [3.8, 4) is 0 Å². The van der Waals surface area contributed by atoms with Crippen LogP contribution in [-0.4, -0.2) is 42.3 Å². The number of rotatable bonds is 1. The van der Waals surface area contributed by atoms with Gasteiger partial charge in [-0.3, -0.25) is 4.90 Å². The Labute approximate surface area is 109 Å². The Bertz CT molecular complexity index is 444. The number of aryl methyl sites for hydroxylation is 2. The van der Waals surface area contributed by atoms with E-state index in [1.165, 1.54) is 16.8 Å². The number of hydrogen-bond acceptors (Lipinski definition) is 2. The molecule has 0 saturated carbocycles. The molecule has 1 fully saturated rings. The van der Waals surface area contributed by atoms with Gasteiger partial charge in [0.2, 0.25) is 0 Å². The summed E-state index contributed by atoms with van der Waals surface area (Å²) in [5.74, 6) is 0. The second-order valence-corrected chi connectivity index (χ2v) is 5.20. The van der Waals surface area contributed by atoms with Crippen molar-refractivity contribution in [2.45, 2.75) is 13.8 Å². The van der Waals surface area contributed by atoms with Crippen LogP contribution in [0, 0.1) is 13.8 Å². The summed E-state index contributed by atoms with van der Waals surface area (Å²) < 4.78 is 0. The molecule has 3 nitrogen and oxygen atoms in total. The predicted octanol–water partition coefficient (Wildman–Crippen LogP) is 2.19. The van der Waals surface area contributed by atoms with Crippen molar-refractivity contribution in [1.82, 2.24) is 9.80 Å². The monoisotopic (exact) mass is 249 g/mol. The molecule has 17 heavy (non-hydrogen) atoms. The molecule has 1 aromatic carbocycles. The summed E-state index contributed by atoms with van der Waals surface area (Å²) in [6.07, 6.45) is 0. The summed E-state index contributed by atoms with van der Waals surface area (Å²) in [5, 5.41) is 0.898. The van der Waals surface area contributed by atoms with Crippen LogP contribution in [0.2, 0.25) is 0 Å². The van der Waals surface area contributed by atoms with Gasteiger partial charge in [0.1, 0.15) is 0 Å². The highest BCUT2D eigenvalue weighted by Crippen LogP contribution is 2.24. The standard InChI is InChI=1S/C13H19N3S/c1-10-5-6-12(11(2)7-10)16-9-14(3)8-15(4)13(16)17/h5-7H,8-9H2,1-4H3. The van der Waals surface area contributed by atoms with Gasteiger partial charge in [0.05, 0.1) is 13.3 Å². The van der Waals surface area contributed by atoms with Crippen LogP contribution in [0.1, 0.15) is 11.1 Å². The van der Waals surface area contributed by atoms with E-state index < -0.39 is 0 Å². The van der Waals surface area contributed by atoms with Crippen molar-refractivity contribution in [2.24, 2.45) is 0 Å². The lowest BCUT2D eigenvalue weighted by Crippen LogP contribution is -2.55. The largest absolute Gasteiger partial charge is 0.339 e. The first-order valence-electron chi connectivity index (χ1n) is 5.77. The SMILES string of the molecule is Cc1ccc(N2CN(C)CN(C)C2=S)c(C)c1. The lowest BCUT2D eigenvalue weighted by atomic mass is 10.1. The van der Waals surface area contributed by atoms with E-state index in [9.17, 15) is 0 Å². The van der Waals surface area contributed by atoms with Gasteiger partial charge >= 0.3 is 0 Å². The van der Waals surface area contributed by atoms with Crippen LogP contribution in [0.4, 0.5) is 5.69 Å². The predicted molar refractivity (Wildman–Crippen MR) is 76.3 cm³/mol. The summed E-state index contributed by atoms with van der Waals surface area (Å²) >= 11 is 5.50. The third kappa shape index (κ3) is 2.42. The maximum atomic E-state index is 5.50. The summed E-state index contributed by atoms with van der Waals surface area (Å²) in [6.45, 7) is 6.00. The fourth-order valence-electron chi connectivity index (χ4n) is 2.26. The molecule has 1 heterocycles. The molecule has 2 rings (SSSR count). The summed E-state index contributed by atoms with van der Waals surface area (Å²) in [7, 11) is 4.14. The van der Waals surface area contributed by atoms with E-state index in [-0.39, 0.29) is 0 Å². The van der Waals surface area contributed by atoms with Crippen LogP contribution >= 0.6 is 12.2 Å². The van der Waals surface area contributed by atoms with Crippen LogP contribution in [0.25, 0.3) is 0 Å². The molecule has 1 aliphatic rings. The fraction of sp³-hybridized carbons (Fsp3) is 0.462. The molecule has 1 aliphatic heterocycles. The van der Waals surface area contributed by atoms with Gasteiger partial charge in [-0.1, -0.05) is 17.7 Å². The van der Waals surface area contributed by atoms with E-state index in [4.69, 9.17) is 12.2 Å². The minimum Gasteiger partial charge on any atom is -0.339 e. The second-order valence-electron chi connectivity index (χ2n) is 4.84. The van der Waals surface area contributed by atoms with Gasteiger partial charge in [-0.25, -0.2) is 0 Å². The maximum absolute atomic E-state index is 5.50. The Morgan fingerprint density at radius 2 is 1.82 bits per heavy atom. The van der Waals surface area contributed by atoms with Gasteiger partial charge in [-0.15, -0.1) is 0 Å². The number of anilines is 1. The lowest BCUT2D eigenvalue weighted by Gasteiger charge is -2.41.